The topological polar surface area (TPSA) is 70.8 Å². The molecule has 0 amide bonds. The SMILES string of the molecule is CCOC(=O)[C@@H]1Cc2cc(OC)c(OC)cc2[C@@H](N)C1.Cl. The fourth-order valence-corrected chi connectivity index (χ4v) is 2.68. The van der Waals surface area contributed by atoms with E-state index in [4.69, 9.17) is 19.9 Å². The van der Waals surface area contributed by atoms with Gasteiger partial charge in [0.25, 0.3) is 0 Å². The van der Waals surface area contributed by atoms with Crippen molar-refractivity contribution in [2.45, 2.75) is 25.8 Å². The second-order valence-corrected chi connectivity index (χ2v) is 4.90. The van der Waals surface area contributed by atoms with Gasteiger partial charge in [0.05, 0.1) is 26.7 Å². The van der Waals surface area contributed by atoms with Crippen molar-refractivity contribution in [2.75, 3.05) is 20.8 Å². The van der Waals surface area contributed by atoms with Crippen LogP contribution in [-0.2, 0) is 16.0 Å². The maximum Gasteiger partial charge on any atom is 0.309 e. The predicted molar refractivity (Wildman–Crippen MR) is 82.2 cm³/mol. The molecule has 21 heavy (non-hydrogen) atoms. The number of methoxy groups -OCH3 is 2. The van der Waals surface area contributed by atoms with Gasteiger partial charge in [-0.05, 0) is 43.0 Å². The molecule has 2 rings (SSSR count). The Balaban J connectivity index is 0.00000220. The number of nitrogens with two attached hydrogens (primary N) is 1. The molecule has 1 aliphatic carbocycles. The highest BCUT2D eigenvalue weighted by atomic mass is 35.5. The summed E-state index contributed by atoms with van der Waals surface area (Å²) in [5.74, 6) is 0.957. The van der Waals surface area contributed by atoms with Crippen molar-refractivity contribution in [1.82, 2.24) is 0 Å². The Morgan fingerprint density at radius 3 is 2.48 bits per heavy atom. The zero-order valence-corrected chi connectivity index (χ0v) is 13.4. The standard InChI is InChI=1S/C15H21NO4.ClH/c1-4-20-15(17)10-5-9-7-13(18-2)14(19-3)8-11(9)12(16)6-10;/h7-8,10,12H,4-6,16H2,1-3H3;1H/t10-,12+;/m1./s1. The first-order valence-electron chi connectivity index (χ1n) is 6.77. The lowest BCUT2D eigenvalue weighted by Gasteiger charge is -2.29. The molecule has 0 aliphatic heterocycles. The van der Waals surface area contributed by atoms with Crippen LogP contribution in [-0.4, -0.2) is 26.8 Å². The molecule has 0 bridgehead atoms. The van der Waals surface area contributed by atoms with Gasteiger partial charge in [0.2, 0.25) is 0 Å². The molecule has 2 atom stereocenters. The number of rotatable bonds is 4. The average molecular weight is 316 g/mol. The Bertz CT molecular complexity index is 507. The summed E-state index contributed by atoms with van der Waals surface area (Å²) in [6.07, 6.45) is 1.23. The number of carbonyl (C=O) groups is 1. The van der Waals surface area contributed by atoms with Crippen molar-refractivity contribution in [3.63, 3.8) is 0 Å². The van der Waals surface area contributed by atoms with E-state index in [-0.39, 0.29) is 30.3 Å². The fourth-order valence-electron chi connectivity index (χ4n) is 2.68. The van der Waals surface area contributed by atoms with Crippen LogP contribution in [0.1, 0.15) is 30.5 Å². The summed E-state index contributed by atoms with van der Waals surface area (Å²) in [5, 5.41) is 0. The lowest BCUT2D eigenvalue weighted by molar-refractivity contribution is -0.148. The third-order valence-corrected chi connectivity index (χ3v) is 3.67. The minimum atomic E-state index is -0.187. The van der Waals surface area contributed by atoms with Crippen LogP contribution in [0.2, 0.25) is 0 Å². The first-order chi connectivity index (χ1) is 9.60. The summed E-state index contributed by atoms with van der Waals surface area (Å²) >= 11 is 0. The Morgan fingerprint density at radius 2 is 1.90 bits per heavy atom. The van der Waals surface area contributed by atoms with Crippen molar-refractivity contribution in [3.05, 3.63) is 23.3 Å². The molecule has 0 saturated carbocycles. The summed E-state index contributed by atoms with van der Waals surface area (Å²) in [5.41, 5.74) is 8.23. The van der Waals surface area contributed by atoms with Crippen LogP contribution in [0.4, 0.5) is 0 Å². The summed E-state index contributed by atoms with van der Waals surface area (Å²) in [4.78, 5) is 11.9. The van der Waals surface area contributed by atoms with Crippen molar-refractivity contribution in [2.24, 2.45) is 11.7 Å². The molecule has 0 radical (unpaired) electrons. The van der Waals surface area contributed by atoms with Gasteiger partial charge in [-0.15, -0.1) is 12.4 Å². The Morgan fingerprint density at radius 1 is 1.29 bits per heavy atom. The van der Waals surface area contributed by atoms with Crippen molar-refractivity contribution >= 4 is 18.4 Å². The highest BCUT2D eigenvalue weighted by Crippen LogP contribution is 2.39. The van der Waals surface area contributed by atoms with E-state index >= 15 is 0 Å². The van der Waals surface area contributed by atoms with Crippen molar-refractivity contribution in [3.8, 4) is 11.5 Å². The molecule has 0 spiro atoms. The van der Waals surface area contributed by atoms with E-state index in [0.717, 1.165) is 11.1 Å². The number of carbonyl (C=O) groups excluding carboxylic acids is 1. The lowest BCUT2D eigenvalue weighted by Crippen LogP contribution is -2.30. The van der Waals surface area contributed by atoms with E-state index < -0.39 is 0 Å². The molecule has 0 heterocycles. The second kappa shape index (κ2) is 7.52. The number of fused-ring (bicyclic) bond motifs is 1. The number of esters is 1. The smallest absolute Gasteiger partial charge is 0.309 e. The van der Waals surface area contributed by atoms with E-state index in [0.29, 0.717) is 30.9 Å². The van der Waals surface area contributed by atoms with Gasteiger partial charge in [0, 0.05) is 6.04 Å². The summed E-state index contributed by atoms with van der Waals surface area (Å²) in [6.45, 7) is 2.20. The lowest BCUT2D eigenvalue weighted by atomic mass is 9.81. The quantitative estimate of drug-likeness (QED) is 0.863. The normalized spacial score (nSPS) is 20.0. The van der Waals surface area contributed by atoms with Gasteiger partial charge in [0.1, 0.15) is 0 Å². The van der Waals surface area contributed by atoms with Gasteiger partial charge in [0.15, 0.2) is 11.5 Å². The first kappa shape index (κ1) is 17.6. The minimum absolute atomic E-state index is 0. The molecule has 118 valence electrons. The molecule has 0 fully saturated rings. The molecule has 2 N–H and O–H groups in total. The molecule has 0 aromatic heterocycles. The van der Waals surface area contributed by atoms with Crippen molar-refractivity contribution < 1.29 is 19.0 Å². The van der Waals surface area contributed by atoms with E-state index in [1.807, 2.05) is 19.1 Å². The number of benzene rings is 1. The number of halogens is 1. The summed E-state index contributed by atoms with van der Waals surface area (Å²) < 4.78 is 15.7. The highest BCUT2D eigenvalue weighted by Gasteiger charge is 2.31. The molecule has 5 nitrogen and oxygen atoms in total. The number of ether oxygens (including phenoxy) is 3. The van der Waals surface area contributed by atoms with E-state index in [1.165, 1.54) is 0 Å². The van der Waals surface area contributed by atoms with E-state index in [9.17, 15) is 4.79 Å². The molecule has 6 heteroatoms. The minimum Gasteiger partial charge on any atom is -0.493 e. The van der Waals surface area contributed by atoms with Gasteiger partial charge in [-0.25, -0.2) is 0 Å². The molecular weight excluding hydrogens is 294 g/mol. The molecular formula is C15H22ClNO4. The van der Waals surface area contributed by atoms with Gasteiger partial charge in [-0.2, -0.15) is 0 Å². The fraction of sp³-hybridized carbons (Fsp3) is 0.533. The third kappa shape index (κ3) is 3.60. The molecule has 0 saturated heterocycles. The van der Waals surface area contributed by atoms with Crippen LogP contribution in [0.5, 0.6) is 11.5 Å². The summed E-state index contributed by atoms with van der Waals surface area (Å²) in [6, 6.07) is 3.62. The van der Waals surface area contributed by atoms with Crippen LogP contribution >= 0.6 is 12.4 Å². The Hall–Kier alpha value is -1.46. The van der Waals surface area contributed by atoms with Crippen molar-refractivity contribution in [1.29, 1.82) is 0 Å². The third-order valence-electron chi connectivity index (χ3n) is 3.67. The number of hydrogen-bond donors (Lipinski definition) is 1. The highest BCUT2D eigenvalue weighted by molar-refractivity contribution is 5.85. The van der Waals surface area contributed by atoms with Gasteiger partial charge in [-0.1, -0.05) is 0 Å². The van der Waals surface area contributed by atoms with Crippen LogP contribution in [0.15, 0.2) is 12.1 Å². The Kier molecular flexibility index (Phi) is 6.30. The molecule has 1 aromatic carbocycles. The first-order valence-corrected chi connectivity index (χ1v) is 6.77. The maximum atomic E-state index is 11.9. The van der Waals surface area contributed by atoms with E-state index in [1.54, 1.807) is 14.2 Å². The predicted octanol–water partition coefficient (Wildman–Crippen LogP) is 2.25. The number of hydrogen-bond acceptors (Lipinski definition) is 5. The largest absolute Gasteiger partial charge is 0.493 e. The van der Waals surface area contributed by atoms with E-state index in [2.05, 4.69) is 0 Å². The van der Waals surface area contributed by atoms with Gasteiger partial charge in [-0.3, -0.25) is 4.79 Å². The van der Waals surface area contributed by atoms with Crippen LogP contribution in [0.25, 0.3) is 0 Å². The maximum absolute atomic E-state index is 11.9. The van der Waals surface area contributed by atoms with Crippen LogP contribution in [0.3, 0.4) is 0 Å². The monoisotopic (exact) mass is 315 g/mol. The average Bonchev–Trinajstić information content (AvgIpc) is 2.46. The molecule has 0 unspecified atom stereocenters. The zero-order chi connectivity index (χ0) is 14.7. The Labute approximate surface area is 131 Å². The van der Waals surface area contributed by atoms with Gasteiger partial charge >= 0.3 is 5.97 Å². The summed E-state index contributed by atoms with van der Waals surface area (Å²) in [7, 11) is 3.19. The van der Waals surface area contributed by atoms with Gasteiger partial charge < -0.3 is 19.9 Å². The molecule has 1 aliphatic rings. The molecule has 1 aromatic rings. The second-order valence-electron chi connectivity index (χ2n) is 4.90. The zero-order valence-electron chi connectivity index (χ0n) is 12.5. The van der Waals surface area contributed by atoms with Crippen LogP contribution < -0.4 is 15.2 Å². The van der Waals surface area contributed by atoms with Crippen LogP contribution in [0, 0.1) is 5.92 Å².